The molecule has 8 heteroatoms. The second-order valence-corrected chi connectivity index (χ2v) is 7.82. The van der Waals surface area contributed by atoms with E-state index in [1.807, 2.05) is 18.2 Å². The summed E-state index contributed by atoms with van der Waals surface area (Å²) in [7, 11) is 3.29. The van der Waals surface area contributed by atoms with Crippen LogP contribution in [0.4, 0.5) is 0 Å². The first-order valence-electron chi connectivity index (χ1n) is 9.13. The number of aromatic nitrogens is 3. The molecular weight excluding hydrogens is 364 g/mol. The van der Waals surface area contributed by atoms with Gasteiger partial charge in [0.2, 0.25) is 10.8 Å². The molecule has 1 fully saturated rings. The topological polar surface area (TPSA) is 72.1 Å². The van der Waals surface area contributed by atoms with Crippen molar-refractivity contribution in [1.29, 1.82) is 0 Å². The van der Waals surface area contributed by atoms with Crippen LogP contribution >= 0.6 is 11.3 Å². The molecule has 2 aromatic heterocycles. The van der Waals surface area contributed by atoms with Crippen molar-refractivity contribution in [3.05, 3.63) is 35.0 Å². The van der Waals surface area contributed by atoms with Crippen molar-refractivity contribution in [3.63, 3.8) is 0 Å². The molecule has 0 amide bonds. The van der Waals surface area contributed by atoms with Crippen molar-refractivity contribution in [2.45, 2.75) is 38.3 Å². The third kappa shape index (κ3) is 3.02. The molecule has 144 valence electrons. The average molecular weight is 388 g/mol. The summed E-state index contributed by atoms with van der Waals surface area (Å²) in [5, 5.41) is 15.0. The number of benzene rings is 1. The normalized spacial score (nSPS) is 19.3. The largest absolute Gasteiger partial charge is 0.493 e. The SMILES string of the molecule is COc1cccc(C(c2sc3ncnn3c2O)N2CCCCC2C)c1OC. The van der Waals surface area contributed by atoms with Gasteiger partial charge in [-0.3, -0.25) is 4.90 Å². The highest BCUT2D eigenvalue weighted by molar-refractivity contribution is 7.17. The minimum atomic E-state index is -0.154. The fourth-order valence-corrected chi connectivity index (χ4v) is 5.04. The number of thiazole rings is 1. The maximum absolute atomic E-state index is 10.9. The molecule has 3 heterocycles. The molecule has 4 rings (SSSR count). The van der Waals surface area contributed by atoms with Gasteiger partial charge in [0.15, 0.2) is 11.5 Å². The van der Waals surface area contributed by atoms with E-state index < -0.39 is 0 Å². The summed E-state index contributed by atoms with van der Waals surface area (Å²) in [6.07, 6.45) is 4.94. The number of methoxy groups -OCH3 is 2. The van der Waals surface area contributed by atoms with Crippen LogP contribution in [0.15, 0.2) is 24.5 Å². The fourth-order valence-electron chi connectivity index (χ4n) is 3.97. The van der Waals surface area contributed by atoms with Crippen LogP contribution < -0.4 is 9.47 Å². The summed E-state index contributed by atoms with van der Waals surface area (Å²) in [5.74, 6) is 1.52. The molecule has 2 atom stereocenters. The van der Waals surface area contributed by atoms with Crippen molar-refractivity contribution in [2.75, 3.05) is 20.8 Å². The van der Waals surface area contributed by atoms with Crippen LogP contribution in [0.3, 0.4) is 0 Å². The van der Waals surface area contributed by atoms with Crippen molar-refractivity contribution in [3.8, 4) is 17.4 Å². The molecule has 1 aliphatic rings. The minimum absolute atomic E-state index is 0.139. The Hall–Kier alpha value is -2.32. The number of nitrogens with zero attached hydrogens (tertiary/aromatic N) is 4. The van der Waals surface area contributed by atoms with Gasteiger partial charge in [0.25, 0.3) is 0 Å². The van der Waals surface area contributed by atoms with Crippen LogP contribution in [-0.2, 0) is 0 Å². The van der Waals surface area contributed by atoms with Crippen molar-refractivity contribution in [2.24, 2.45) is 0 Å². The van der Waals surface area contributed by atoms with Gasteiger partial charge in [-0.2, -0.15) is 9.61 Å². The number of ether oxygens (including phenoxy) is 2. The van der Waals surface area contributed by atoms with E-state index in [2.05, 4.69) is 21.9 Å². The number of para-hydroxylation sites is 1. The maximum Gasteiger partial charge on any atom is 0.230 e. The lowest BCUT2D eigenvalue weighted by Gasteiger charge is -2.39. The minimum Gasteiger partial charge on any atom is -0.493 e. The van der Waals surface area contributed by atoms with Crippen LogP contribution in [-0.4, -0.2) is 51.4 Å². The Labute approximate surface area is 162 Å². The van der Waals surface area contributed by atoms with E-state index in [9.17, 15) is 5.11 Å². The number of rotatable bonds is 5. The van der Waals surface area contributed by atoms with Crippen molar-refractivity contribution in [1.82, 2.24) is 19.5 Å². The van der Waals surface area contributed by atoms with Gasteiger partial charge in [-0.15, -0.1) is 0 Å². The molecule has 7 nitrogen and oxygen atoms in total. The summed E-state index contributed by atoms with van der Waals surface area (Å²) in [5.41, 5.74) is 0.977. The fraction of sp³-hybridized carbons (Fsp3) is 0.474. The lowest BCUT2D eigenvalue weighted by Crippen LogP contribution is -2.40. The van der Waals surface area contributed by atoms with Gasteiger partial charge in [0, 0.05) is 11.6 Å². The quantitative estimate of drug-likeness (QED) is 0.721. The van der Waals surface area contributed by atoms with E-state index in [-0.39, 0.29) is 11.9 Å². The Morgan fingerprint density at radius 2 is 2.11 bits per heavy atom. The Balaban J connectivity index is 1.91. The summed E-state index contributed by atoms with van der Waals surface area (Å²) >= 11 is 1.46. The van der Waals surface area contributed by atoms with Crippen LogP contribution in [0.5, 0.6) is 17.4 Å². The number of hydrogen-bond acceptors (Lipinski definition) is 7. The number of likely N-dealkylation sites (tertiary alicyclic amines) is 1. The number of hydrogen-bond donors (Lipinski definition) is 1. The molecular formula is C19H24N4O3S. The van der Waals surface area contributed by atoms with Crippen LogP contribution in [0.1, 0.15) is 42.7 Å². The van der Waals surface area contributed by atoms with Crippen molar-refractivity contribution >= 4 is 16.3 Å². The molecule has 27 heavy (non-hydrogen) atoms. The summed E-state index contributed by atoms with van der Waals surface area (Å²) in [6, 6.07) is 6.14. The lowest BCUT2D eigenvalue weighted by atomic mass is 9.95. The van der Waals surface area contributed by atoms with Gasteiger partial charge in [0.1, 0.15) is 6.33 Å². The van der Waals surface area contributed by atoms with E-state index in [0.717, 1.165) is 29.8 Å². The van der Waals surface area contributed by atoms with Crippen molar-refractivity contribution < 1.29 is 14.6 Å². The molecule has 0 radical (unpaired) electrons. The monoisotopic (exact) mass is 388 g/mol. The molecule has 1 aromatic carbocycles. The second-order valence-electron chi connectivity index (χ2n) is 6.81. The Bertz CT molecular complexity index is 938. The van der Waals surface area contributed by atoms with Crippen LogP contribution in [0.25, 0.3) is 4.96 Å². The van der Waals surface area contributed by atoms with Crippen LogP contribution in [0, 0.1) is 0 Å². The highest BCUT2D eigenvalue weighted by Crippen LogP contribution is 2.46. The lowest BCUT2D eigenvalue weighted by molar-refractivity contribution is 0.123. The Kier molecular flexibility index (Phi) is 4.92. The maximum atomic E-state index is 10.9. The van der Waals surface area contributed by atoms with Gasteiger partial charge < -0.3 is 14.6 Å². The molecule has 1 saturated heterocycles. The predicted octanol–water partition coefficient (Wildman–Crippen LogP) is 3.48. The third-order valence-electron chi connectivity index (χ3n) is 5.30. The summed E-state index contributed by atoms with van der Waals surface area (Å²) < 4.78 is 12.7. The smallest absolute Gasteiger partial charge is 0.230 e. The zero-order valence-electron chi connectivity index (χ0n) is 15.8. The molecule has 2 unspecified atom stereocenters. The first kappa shape index (κ1) is 18.1. The average Bonchev–Trinajstić information content (AvgIpc) is 3.27. The highest BCUT2D eigenvalue weighted by atomic mass is 32.1. The van der Waals surface area contributed by atoms with Gasteiger partial charge in [-0.05, 0) is 32.4 Å². The summed E-state index contributed by atoms with van der Waals surface area (Å²) in [4.78, 5) is 8.19. The molecule has 0 saturated carbocycles. The van der Waals surface area contributed by atoms with E-state index in [1.54, 1.807) is 14.2 Å². The number of piperidine rings is 1. The Morgan fingerprint density at radius 3 is 2.81 bits per heavy atom. The van der Waals surface area contributed by atoms with Gasteiger partial charge >= 0.3 is 0 Å². The standard InChI is InChI=1S/C19H24N4O3S/c1-12-7-4-5-10-22(12)15(13-8-6-9-14(25-2)16(13)26-3)17-18(24)23-19(27-17)20-11-21-23/h6,8-9,11-12,15,24H,4-5,7,10H2,1-3H3. The van der Waals surface area contributed by atoms with Gasteiger partial charge in [0.05, 0.1) is 25.1 Å². The highest BCUT2D eigenvalue weighted by Gasteiger charge is 2.35. The zero-order chi connectivity index (χ0) is 19.0. The molecule has 3 aromatic rings. The molecule has 1 aliphatic heterocycles. The van der Waals surface area contributed by atoms with Crippen LogP contribution in [0.2, 0.25) is 0 Å². The first-order valence-corrected chi connectivity index (χ1v) is 9.95. The van der Waals surface area contributed by atoms with E-state index in [0.29, 0.717) is 22.5 Å². The summed E-state index contributed by atoms with van der Waals surface area (Å²) in [6.45, 7) is 3.20. The van der Waals surface area contributed by atoms with E-state index >= 15 is 0 Å². The third-order valence-corrected chi connectivity index (χ3v) is 6.39. The predicted molar refractivity (Wildman–Crippen MR) is 104 cm³/mol. The molecule has 0 aliphatic carbocycles. The number of aromatic hydroxyl groups is 1. The van der Waals surface area contributed by atoms with Gasteiger partial charge in [-0.1, -0.05) is 29.9 Å². The molecule has 0 spiro atoms. The molecule has 1 N–H and O–H groups in total. The van der Waals surface area contributed by atoms with Gasteiger partial charge in [-0.25, -0.2) is 4.98 Å². The van der Waals surface area contributed by atoms with E-state index in [4.69, 9.17) is 9.47 Å². The first-order chi connectivity index (χ1) is 13.2. The Morgan fingerprint density at radius 1 is 1.26 bits per heavy atom. The van der Waals surface area contributed by atoms with E-state index in [1.165, 1.54) is 28.6 Å². The second kappa shape index (κ2) is 7.36. The molecule has 0 bridgehead atoms. The zero-order valence-corrected chi connectivity index (χ0v) is 16.6. The number of fused-ring (bicyclic) bond motifs is 1.